The van der Waals surface area contributed by atoms with Gasteiger partial charge in [-0.25, -0.2) is 9.97 Å². The first-order valence-electron chi connectivity index (χ1n) is 5.84. The van der Waals surface area contributed by atoms with Crippen LogP contribution in [0, 0.1) is 0 Å². The number of aromatic nitrogens is 3. The molecule has 0 aliphatic carbocycles. The second kappa shape index (κ2) is 5.23. The van der Waals surface area contributed by atoms with Crippen molar-refractivity contribution in [2.24, 2.45) is 0 Å². The molecule has 0 radical (unpaired) electrons. The summed E-state index contributed by atoms with van der Waals surface area (Å²) in [5.74, 6) is 0.857. The lowest BCUT2D eigenvalue weighted by Crippen LogP contribution is -2.05. The van der Waals surface area contributed by atoms with E-state index in [0.29, 0.717) is 0 Å². The van der Waals surface area contributed by atoms with Crippen LogP contribution in [0.2, 0.25) is 0 Å². The third-order valence-corrected chi connectivity index (χ3v) is 4.99. The number of alkyl halides is 1. The Bertz CT molecular complexity index is 720. The number of thiophene rings is 1. The quantitative estimate of drug-likeness (QED) is 0.642. The van der Waals surface area contributed by atoms with Crippen molar-refractivity contribution in [1.82, 2.24) is 14.5 Å². The molecule has 0 aliphatic heterocycles. The Morgan fingerprint density at radius 1 is 1.47 bits per heavy atom. The highest BCUT2D eigenvalue weighted by molar-refractivity contribution is 9.10. The average molecular weight is 357 g/mol. The van der Waals surface area contributed by atoms with Gasteiger partial charge in [0.1, 0.15) is 11.3 Å². The summed E-state index contributed by atoms with van der Waals surface area (Å²) in [6, 6.07) is 5.91. The van der Waals surface area contributed by atoms with Gasteiger partial charge in [-0.2, -0.15) is 0 Å². The minimum Gasteiger partial charge on any atom is -0.306 e. The maximum Gasteiger partial charge on any atom is 0.160 e. The van der Waals surface area contributed by atoms with Crippen molar-refractivity contribution in [3.05, 3.63) is 45.0 Å². The van der Waals surface area contributed by atoms with E-state index in [9.17, 15) is 0 Å². The molecule has 1 unspecified atom stereocenters. The van der Waals surface area contributed by atoms with Gasteiger partial charge in [0.15, 0.2) is 5.65 Å². The van der Waals surface area contributed by atoms with Gasteiger partial charge in [0.2, 0.25) is 0 Å². The van der Waals surface area contributed by atoms with E-state index in [0.717, 1.165) is 28.0 Å². The first-order valence-corrected chi connectivity index (χ1v) is 7.95. The maximum atomic E-state index is 6.24. The predicted octanol–water partition coefficient (Wildman–Crippen LogP) is 4.60. The summed E-state index contributed by atoms with van der Waals surface area (Å²) >= 11 is 11.5. The summed E-state index contributed by atoms with van der Waals surface area (Å²) in [5, 5.41) is 1.92. The fourth-order valence-electron chi connectivity index (χ4n) is 2.02. The van der Waals surface area contributed by atoms with Crippen molar-refractivity contribution >= 4 is 50.0 Å². The Balaban J connectivity index is 2.15. The zero-order chi connectivity index (χ0) is 13.4. The Kier molecular flexibility index (Phi) is 3.60. The topological polar surface area (TPSA) is 30.7 Å². The van der Waals surface area contributed by atoms with Crippen LogP contribution in [0.25, 0.3) is 11.2 Å². The lowest BCUT2D eigenvalue weighted by molar-refractivity contribution is 0.742. The normalized spacial score (nSPS) is 13.0. The lowest BCUT2D eigenvalue weighted by Gasteiger charge is -2.09. The third kappa shape index (κ3) is 2.42. The van der Waals surface area contributed by atoms with Gasteiger partial charge >= 0.3 is 0 Å². The minimum absolute atomic E-state index is 0.145. The van der Waals surface area contributed by atoms with Crippen LogP contribution in [0.5, 0.6) is 0 Å². The number of hydrogen-bond donors (Lipinski definition) is 0. The van der Waals surface area contributed by atoms with E-state index in [1.54, 1.807) is 17.5 Å². The molecule has 0 bridgehead atoms. The van der Waals surface area contributed by atoms with Crippen LogP contribution in [-0.2, 0) is 6.54 Å². The van der Waals surface area contributed by atoms with E-state index >= 15 is 0 Å². The Morgan fingerprint density at radius 2 is 2.32 bits per heavy atom. The summed E-state index contributed by atoms with van der Waals surface area (Å²) in [6.07, 6.45) is 1.78. The lowest BCUT2D eigenvalue weighted by atomic mass is 10.4. The van der Waals surface area contributed by atoms with Gasteiger partial charge in [-0.3, -0.25) is 0 Å². The van der Waals surface area contributed by atoms with Crippen molar-refractivity contribution < 1.29 is 0 Å². The average Bonchev–Trinajstić information content (AvgIpc) is 2.95. The van der Waals surface area contributed by atoms with Crippen LogP contribution in [0.15, 0.2) is 34.2 Å². The number of halogens is 2. The molecule has 6 heteroatoms. The van der Waals surface area contributed by atoms with Crippen LogP contribution in [0.3, 0.4) is 0 Å². The SMILES string of the molecule is CC(Cl)c1nc2cccnc2n1Cc1sccc1Br. The highest BCUT2D eigenvalue weighted by Gasteiger charge is 2.16. The number of nitrogens with zero attached hydrogens (tertiary/aromatic N) is 3. The highest BCUT2D eigenvalue weighted by atomic mass is 79.9. The van der Waals surface area contributed by atoms with E-state index in [2.05, 4.69) is 41.9 Å². The number of imidazole rings is 1. The number of fused-ring (bicyclic) bond motifs is 1. The molecule has 0 N–H and O–H groups in total. The molecular weight excluding hydrogens is 346 g/mol. The Hall–Kier alpha value is -0.910. The maximum absolute atomic E-state index is 6.24. The second-order valence-corrected chi connectivity index (χ2v) is 6.72. The molecule has 98 valence electrons. The van der Waals surface area contributed by atoms with E-state index in [1.165, 1.54) is 4.88 Å². The summed E-state index contributed by atoms with van der Waals surface area (Å²) in [4.78, 5) is 10.2. The van der Waals surface area contributed by atoms with Crippen molar-refractivity contribution in [3.63, 3.8) is 0 Å². The largest absolute Gasteiger partial charge is 0.306 e. The zero-order valence-corrected chi connectivity index (χ0v) is 13.3. The van der Waals surface area contributed by atoms with Crippen molar-refractivity contribution in [1.29, 1.82) is 0 Å². The third-order valence-electron chi connectivity index (χ3n) is 2.88. The predicted molar refractivity (Wildman–Crippen MR) is 82.9 cm³/mol. The zero-order valence-electron chi connectivity index (χ0n) is 10.2. The molecule has 0 fully saturated rings. The second-order valence-electron chi connectivity index (χ2n) is 4.21. The molecular formula is C13H11BrClN3S. The molecule has 0 spiro atoms. The van der Waals surface area contributed by atoms with Gasteiger partial charge in [-0.05, 0) is 46.4 Å². The van der Waals surface area contributed by atoms with Crippen LogP contribution in [0.1, 0.15) is 23.0 Å². The Morgan fingerprint density at radius 3 is 3.00 bits per heavy atom. The van der Waals surface area contributed by atoms with Crippen LogP contribution in [0.4, 0.5) is 0 Å². The molecule has 3 rings (SSSR count). The molecule has 3 nitrogen and oxygen atoms in total. The Labute approximate surface area is 128 Å². The fraction of sp³-hybridized carbons (Fsp3) is 0.231. The first-order chi connectivity index (χ1) is 9.16. The standard InChI is InChI=1S/C13H11BrClN3S/c1-8(15)12-17-10-3-2-5-16-13(10)18(12)7-11-9(14)4-6-19-11/h2-6,8H,7H2,1H3. The van der Waals surface area contributed by atoms with Crippen LogP contribution >= 0.6 is 38.9 Å². The van der Waals surface area contributed by atoms with Crippen molar-refractivity contribution in [3.8, 4) is 0 Å². The van der Waals surface area contributed by atoms with Crippen LogP contribution in [-0.4, -0.2) is 14.5 Å². The molecule has 1 atom stereocenters. The van der Waals surface area contributed by atoms with Gasteiger partial charge in [-0.15, -0.1) is 22.9 Å². The van der Waals surface area contributed by atoms with E-state index in [4.69, 9.17) is 11.6 Å². The van der Waals surface area contributed by atoms with Gasteiger partial charge in [0.05, 0.1) is 11.9 Å². The molecule has 0 amide bonds. The monoisotopic (exact) mass is 355 g/mol. The number of pyridine rings is 1. The minimum atomic E-state index is -0.145. The summed E-state index contributed by atoms with van der Waals surface area (Å²) < 4.78 is 3.20. The molecule has 3 heterocycles. The fourth-order valence-corrected chi connectivity index (χ4v) is 3.65. The molecule has 0 aliphatic rings. The van der Waals surface area contributed by atoms with E-state index < -0.39 is 0 Å². The van der Waals surface area contributed by atoms with Gasteiger partial charge < -0.3 is 4.57 Å². The van der Waals surface area contributed by atoms with Gasteiger partial charge in [0.25, 0.3) is 0 Å². The molecule has 3 aromatic heterocycles. The molecule has 0 aromatic carbocycles. The highest BCUT2D eigenvalue weighted by Crippen LogP contribution is 2.28. The van der Waals surface area contributed by atoms with Crippen molar-refractivity contribution in [2.75, 3.05) is 0 Å². The smallest absolute Gasteiger partial charge is 0.160 e. The number of rotatable bonds is 3. The van der Waals surface area contributed by atoms with Gasteiger partial charge in [0, 0.05) is 15.5 Å². The van der Waals surface area contributed by atoms with Crippen molar-refractivity contribution in [2.45, 2.75) is 18.8 Å². The summed E-state index contributed by atoms with van der Waals surface area (Å²) in [6.45, 7) is 2.67. The van der Waals surface area contributed by atoms with E-state index in [-0.39, 0.29) is 5.38 Å². The van der Waals surface area contributed by atoms with Crippen LogP contribution < -0.4 is 0 Å². The molecule has 0 saturated heterocycles. The number of hydrogen-bond acceptors (Lipinski definition) is 3. The summed E-state index contributed by atoms with van der Waals surface area (Å²) in [7, 11) is 0. The molecule has 3 aromatic rings. The van der Waals surface area contributed by atoms with E-state index in [1.807, 2.05) is 19.1 Å². The molecule has 19 heavy (non-hydrogen) atoms. The molecule has 0 saturated carbocycles. The van der Waals surface area contributed by atoms with Gasteiger partial charge in [-0.1, -0.05) is 0 Å². The summed E-state index contributed by atoms with van der Waals surface area (Å²) in [5.41, 5.74) is 1.77. The first kappa shape index (κ1) is 13.1.